The van der Waals surface area contributed by atoms with Crippen molar-refractivity contribution in [3.05, 3.63) is 48.3 Å². The van der Waals surface area contributed by atoms with E-state index in [-0.39, 0.29) is 35.6 Å². The first-order chi connectivity index (χ1) is 17.7. The van der Waals surface area contributed by atoms with Gasteiger partial charge in [-0.25, -0.2) is 14.8 Å². The minimum atomic E-state index is -4.52. The van der Waals surface area contributed by atoms with E-state index in [0.29, 0.717) is 31.0 Å². The van der Waals surface area contributed by atoms with Crippen molar-refractivity contribution >= 4 is 23.2 Å². The van der Waals surface area contributed by atoms with Crippen molar-refractivity contribution in [2.75, 3.05) is 41.4 Å². The average Bonchev–Trinajstić information content (AvgIpc) is 3.31. The number of aliphatic hydroxyl groups excluding tert-OH is 2. The van der Waals surface area contributed by atoms with Gasteiger partial charge in [0, 0.05) is 24.7 Å². The van der Waals surface area contributed by atoms with Crippen molar-refractivity contribution in [3.63, 3.8) is 0 Å². The Balaban J connectivity index is 1.42. The van der Waals surface area contributed by atoms with Crippen LogP contribution in [0.3, 0.4) is 0 Å². The Morgan fingerprint density at radius 1 is 1.27 bits per heavy atom. The van der Waals surface area contributed by atoms with E-state index in [9.17, 15) is 23.1 Å². The molecule has 2 aliphatic heterocycles. The summed E-state index contributed by atoms with van der Waals surface area (Å²) in [5.74, 6) is 0.387. The molecule has 2 bridgehead atoms. The predicted molar refractivity (Wildman–Crippen MR) is 125 cm³/mol. The molecule has 0 unspecified atom stereocenters. The Morgan fingerprint density at radius 3 is 2.89 bits per heavy atom. The lowest BCUT2D eigenvalue weighted by Gasteiger charge is -2.35. The number of halogens is 3. The largest absolute Gasteiger partial charge is 0.474 e. The van der Waals surface area contributed by atoms with Crippen molar-refractivity contribution in [3.8, 4) is 17.3 Å². The summed E-state index contributed by atoms with van der Waals surface area (Å²) in [7, 11) is 0. The van der Waals surface area contributed by atoms with Crippen LogP contribution in [0.1, 0.15) is 12.0 Å². The quantitative estimate of drug-likeness (QED) is 0.450. The highest BCUT2D eigenvalue weighted by atomic mass is 19.4. The van der Waals surface area contributed by atoms with Crippen LogP contribution in [0.5, 0.6) is 5.88 Å². The standard InChI is InChI=1S/C23H22F3N7O4/c24-23(25,26)14-3-1-2-13(6-14)20-27-9-18-21(30-20)33(16-4-5-32(18)10-16)22(36)29-15-7-19(31-28-8-15)37-12-17(35)11-34/h1-3,6-9,16-17,34-35H,4-5,10-12H2,(H,29,31,36)/t16-,17-/m0/s1. The Morgan fingerprint density at radius 2 is 2.11 bits per heavy atom. The Labute approximate surface area is 208 Å². The molecule has 1 saturated heterocycles. The third-order valence-corrected chi connectivity index (χ3v) is 6.03. The number of anilines is 3. The molecule has 2 atom stereocenters. The van der Waals surface area contributed by atoms with Crippen molar-refractivity contribution in [2.24, 2.45) is 0 Å². The van der Waals surface area contributed by atoms with Crippen LogP contribution in [-0.2, 0) is 6.18 Å². The van der Waals surface area contributed by atoms with Crippen LogP contribution >= 0.6 is 0 Å². The van der Waals surface area contributed by atoms with E-state index < -0.39 is 30.5 Å². The molecule has 4 heterocycles. The number of nitrogens with one attached hydrogen (secondary N) is 1. The van der Waals surface area contributed by atoms with Gasteiger partial charge in [-0.1, -0.05) is 12.1 Å². The molecule has 1 fully saturated rings. The number of carbonyl (C=O) groups is 1. The van der Waals surface area contributed by atoms with Crippen LogP contribution in [0.2, 0.25) is 0 Å². The van der Waals surface area contributed by atoms with E-state index in [4.69, 9.17) is 9.84 Å². The first-order valence-electron chi connectivity index (χ1n) is 11.4. The summed E-state index contributed by atoms with van der Waals surface area (Å²) in [6, 6.07) is 5.40. The third kappa shape index (κ3) is 5.11. The lowest BCUT2D eigenvalue weighted by atomic mass is 10.1. The monoisotopic (exact) mass is 517 g/mol. The Kier molecular flexibility index (Phi) is 6.52. The van der Waals surface area contributed by atoms with Gasteiger partial charge < -0.3 is 25.2 Å². The summed E-state index contributed by atoms with van der Waals surface area (Å²) in [6.45, 7) is 0.542. The number of rotatable bonds is 6. The molecule has 2 amide bonds. The smallest absolute Gasteiger partial charge is 0.416 e. The molecule has 0 spiro atoms. The number of hydrogen-bond donors (Lipinski definition) is 3. The van der Waals surface area contributed by atoms with E-state index >= 15 is 0 Å². The van der Waals surface area contributed by atoms with E-state index in [1.807, 2.05) is 4.90 Å². The zero-order chi connectivity index (χ0) is 26.2. The van der Waals surface area contributed by atoms with Gasteiger partial charge in [0.2, 0.25) is 5.88 Å². The second-order valence-corrected chi connectivity index (χ2v) is 8.60. The maximum absolute atomic E-state index is 13.4. The number of alkyl halides is 3. The maximum Gasteiger partial charge on any atom is 0.416 e. The lowest BCUT2D eigenvalue weighted by molar-refractivity contribution is -0.137. The fourth-order valence-corrected chi connectivity index (χ4v) is 4.25. The molecule has 3 N–H and O–H groups in total. The highest BCUT2D eigenvalue weighted by Gasteiger charge is 2.41. The summed E-state index contributed by atoms with van der Waals surface area (Å²) in [6.07, 6.45) is -2.11. The van der Waals surface area contributed by atoms with E-state index in [0.717, 1.165) is 12.1 Å². The normalized spacial score (nSPS) is 17.4. The summed E-state index contributed by atoms with van der Waals surface area (Å²) in [5.41, 5.74) is 0.229. The van der Waals surface area contributed by atoms with Gasteiger partial charge in [0.05, 0.1) is 42.0 Å². The molecular weight excluding hydrogens is 495 g/mol. The number of hydrogen-bond acceptors (Lipinski definition) is 9. The summed E-state index contributed by atoms with van der Waals surface area (Å²) < 4.78 is 45.0. The Bertz CT molecular complexity index is 1310. The van der Waals surface area contributed by atoms with E-state index in [2.05, 4.69) is 25.5 Å². The van der Waals surface area contributed by atoms with Crippen LogP contribution in [0.4, 0.5) is 35.2 Å². The van der Waals surface area contributed by atoms with Crippen molar-refractivity contribution in [1.29, 1.82) is 0 Å². The molecule has 2 aromatic heterocycles. The summed E-state index contributed by atoms with van der Waals surface area (Å²) in [4.78, 5) is 25.7. The molecule has 11 nitrogen and oxygen atoms in total. The predicted octanol–water partition coefficient (Wildman–Crippen LogP) is 2.32. The molecule has 5 rings (SSSR count). The molecule has 2 aliphatic rings. The minimum absolute atomic E-state index is 0.0329. The van der Waals surface area contributed by atoms with Crippen LogP contribution in [0.25, 0.3) is 11.4 Å². The number of nitrogens with zero attached hydrogens (tertiary/aromatic N) is 6. The number of urea groups is 1. The van der Waals surface area contributed by atoms with Gasteiger partial charge in [-0.15, -0.1) is 5.10 Å². The zero-order valence-corrected chi connectivity index (χ0v) is 19.3. The van der Waals surface area contributed by atoms with Crippen LogP contribution in [0.15, 0.2) is 42.7 Å². The van der Waals surface area contributed by atoms with Gasteiger partial charge in [-0.2, -0.15) is 18.3 Å². The van der Waals surface area contributed by atoms with Crippen LogP contribution < -0.4 is 19.9 Å². The van der Waals surface area contributed by atoms with Gasteiger partial charge in [0.25, 0.3) is 0 Å². The molecule has 37 heavy (non-hydrogen) atoms. The number of aromatic nitrogens is 4. The van der Waals surface area contributed by atoms with Gasteiger partial charge in [-0.3, -0.25) is 4.90 Å². The molecular formula is C23H22F3N7O4. The van der Waals surface area contributed by atoms with Gasteiger partial charge in [0.15, 0.2) is 11.6 Å². The number of amides is 2. The van der Waals surface area contributed by atoms with Gasteiger partial charge in [-0.05, 0) is 18.6 Å². The van der Waals surface area contributed by atoms with Gasteiger partial charge >= 0.3 is 12.2 Å². The third-order valence-electron chi connectivity index (χ3n) is 6.03. The highest BCUT2D eigenvalue weighted by molar-refractivity contribution is 6.04. The number of fused-ring (bicyclic) bond motifs is 4. The van der Waals surface area contributed by atoms with Crippen LogP contribution in [0, 0.1) is 0 Å². The summed E-state index contributed by atoms with van der Waals surface area (Å²) >= 11 is 0. The SMILES string of the molecule is O=C(Nc1cnnc(OC[C@@H](O)CO)c1)N1c2nc(-c3cccc(C(F)(F)F)c3)ncc2N2CC[C@H]1C2. The Hall–Kier alpha value is -4.04. The first-order valence-corrected chi connectivity index (χ1v) is 11.4. The molecule has 0 radical (unpaired) electrons. The van der Waals surface area contributed by atoms with Crippen LogP contribution in [-0.4, -0.2) is 74.9 Å². The summed E-state index contributed by atoms with van der Waals surface area (Å²) in [5, 5.41) is 28.6. The molecule has 1 aromatic carbocycles. The number of benzene rings is 1. The highest BCUT2D eigenvalue weighted by Crippen LogP contribution is 2.40. The van der Waals surface area contributed by atoms with Crippen molar-refractivity contribution in [2.45, 2.75) is 24.7 Å². The van der Waals surface area contributed by atoms with E-state index in [1.165, 1.54) is 35.5 Å². The number of ether oxygens (including phenoxy) is 1. The fraction of sp³-hybridized carbons (Fsp3) is 0.348. The molecule has 0 aliphatic carbocycles. The first kappa shape index (κ1) is 24.6. The fourth-order valence-electron chi connectivity index (χ4n) is 4.25. The maximum atomic E-state index is 13.4. The second-order valence-electron chi connectivity index (χ2n) is 8.60. The van der Waals surface area contributed by atoms with Crippen molar-refractivity contribution in [1.82, 2.24) is 20.2 Å². The molecule has 0 saturated carbocycles. The second kappa shape index (κ2) is 9.78. The average molecular weight is 517 g/mol. The lowest BCUT2D eigenvalue weighted by Crippen LogP contribution is -2.48. The van der Waals surface area contributed by atoms with Gasteiger partial charge in [0.1, 0.15) is 12.7 Å². The topological polar surface area (TPSA) is 137 Å². The number of aliphatic hydroxyl groups is 2. The minimum Gasteiger partial charge on any atom is -0.474 e. The zero-order valence-electron chi connectivity index (χ0n) is 19.3. The molecule has 194 valence electrons. The molecule has 3 aromatic rings. The molecule has 14 heteroatoms. The van der Waals surface area contributed by atoms with Crippen molar-refractivity contribution < 1.29 is 32.9 Å². The van der Waals surface area contributed by atoms with E-state index in [1.54, 1.807) is 0 Å². The number of carbonyl (C=O) groups excluding carboxylic acids is 1.